The predicted molar refractivity (Wildman–Crippen MR) is 103 cm³/mol. The van der Waals surface area contributed by atoms with Crippen LogP contribution in [-0.4, -0.2) is 27.7 Å². The summed E-state index contributed by atoms with van der Waals surface area (Å²) < 4.78 is 7.17. The molecule has 0 fully saturated rings. The fourth-order valence-electron chi connectivity index (χ4n) is 2.45. The number of aryl methyl sites for hydroxylation is 3. The summed E-state index contributed by atoms with van der Waals surface area (Å²) in [5, 5.41) is 8.09. The molecule has 1 aromatic carbocycles. The first-order valence-corrected chi connectivity index (χ1v) is 9.15. The van der Waals surface area contributed by atoms with Gasteiger partial charge in [-0.2, -0.15) is 0 Å². The number of benzene rings is 1. The zero-order valence-corrected chi connectivity index (χ0v) is 15.5. The second kappa shape index (κ2) is 8.48. The SMILES string of the molecule is COc1ccc(NC(=O)Nc2nc(CCCn3cnc(C)c3)cs2)cc1. The molecule has 7 nitrogen and oxygen atoms in total. The van der Waals surface area contributed by atoms with Crippen molar-refractivity contribution in [2.45, 2.75) is 26.3 Å². The van der Waals surface area contributed by atoms with Gasteiger partial charge in [0.25, 0.3) is 0 Å². The molecule has 0 saturated heterocycles. The molecule has 0 aliphatic carbocycles. The fourth-order valence-corrected chi connectivity index (χ4v) is 3.19. The minimum atomic E-state index is -0.315. The number of ether oxygens (including phenoxy) is 1. The monoisotopic (exact) mass is 371 g/mol. The van der Waals surface area contributed by atoms with Crippen LogP contribution in [0.25, 0.3) is 0 Å². The fraction of sp³-hybridized carbons (Fsp3) is 0.278. The van der Waals surface area contributed by atoms with E-state index in [1.807, 2.05) is 24.8 Å². The van der Waals surface area contributed by atoms with E-state index in [-0.39, 0.29) is 6.03 Å². The molecule has 0 saturated carbocycles. The van der Waals surface area contributed by atoms with Gasteiger partial charge >= 0.3 is 6.03 Å². The number of anilines is 2. The number of nitrogens with one attached hydrogen (secondary N) is 2. The Labute approximate surface area is 156 Å². The molecule has 0 aliphatic heterocycles. The molecular formula is C18H21N5O2S. The molecule has 0 unspecified atom stereocenters. The van der Waals surface area contributed by atoms with Crippen LogP contribution >= 0.6 is 11.3 Å². The maximum absolute atomic E-state index is 12.0. The minimum Gasteiger partial charge on any atom is -0.497 e. The number of carbonyl (C=O) groups excluding carboxylic acids is 1. The molecular weight excluding hydrogens is 350 g/mol. The van der Waals surface area contributed by atoms with Crippen LogP contribution in [0.3, 0.4) is 0 Å². The molecule has 26 heavy (non-hydrogen) atoms. The van der Waals surface area contributed by atoms with E-state index in [2.05, 4.69) is 25.2 Å². The van der Waals surface area contributed by atoms with Gasteiger partial charge in [0.2, 0.25) is 0 Å². The lowest BCUT2D eigenvalue weighted by molar-refractivity contribution is 0.262. The van der Waals surface area contributed by atoms with Gasteiger partial charge in [0.15, 0.2) is 5.13 Å². The average molecular weight is 371 g/mol. The van der Waals surface area contributed by atoms with Crippen molar-refractivity contribution in [2.75, 3.05) is 17.7 Å². The van der Waals surface area contributed by atoms with E-state index in [0.717, 1.165) is 36.5 Å². The van der Waals surface area contributed by atoms with Crippen molar-refractivity contribution in [3.05, 3.63) is 53.6 Å². The highest BCUT2D eigenvalue weighted by molar-refractivity contribution is 7.13. The zero-order valence-electron chi connectivity index (χ0n) is 14.7. The van der Waals surface area contributed by atoms with E-state index in [4.69, 9.17) is 4.74 Å². The summed E-state index contributed by atoms with van der Waals surface area (Å²) in [4.78, 5) is 20.7. The predicted octanol–water partition coefficient (Wildman–Crippen LogP) is 3.93. The third-order valence-corrected chi connectivity index (χ3v) is 4.54. The first kappa shape index (κ1) is 17.9. The molecule has 2 aromatic heterocycles. The zero-order chi connectivity index (χ0) is 18.4. The number of methoxy groups -OCH3 is 1. The van der Waals surface area contributed by atoms with Gasteiger partial charge in [-0.1, -0.05) is 0 Å². The maximum atomic E-state index is 12.0. The second-order valence-electron chi connectivity index (χ2n) is 5.81. The number of amides is 2. The molecule has 0 radical (unpaired) electrons. The second-order valence-corrected chi connectivity index (χ2v) is 6.67. The third-order valence-electron chi connectivity index (χ3n) is 3.73. The number of imidazole rings is 1. The van der Waals surface area contributed by atoms with Crippen molar-refractivity contribution in [3.63, 3.8) is 0 Å². The van der Waals surface area contributed by atoms with Crippen LogP contribution in [-0.2, 0) is 13.0 Å². The standard InChI is InChI=1S/C18H21N5O2S/c1-13-10-23(12-19-13)9-3-4-15-11-26-18(21-15)22-17(24)20-14-5-7-16(25-2)8-6-14/h5-8,10-12H,3-4,9H2,1-2H3,(H2,20,21,22,24). The first-order valence-electron chi connectivity index (χ1n) is 8.27. The van der Waals surface area contributed by atoms with Crippen molar-refractivity contribution in [1.29, 1.82) is 0 Å². The van der Waals surface area contributed by atoms with Crippen LogP contribution in [0.1, 0.15) is 17.8 Å². The number of hydrogen-bond donors (Lipinski definition) is 2. The Morgan fingerprint density at radius 2 is 2.08 bits per heavy atom. The molecule has 2 amide bonds. The Balaban J connectivity index is 1.45. The van der Waals surface area contributed by atoms with Crippen molar-refractivity contribution >= 4 is 28.2 Å². The van der Waals surface area contributed by atoms with Gasteiger partial charge in [-0.3, -0.25) is 5.32 Å². The van der Waals surface area contributed by atoms with Gasteiger partial charge in [0.1, 0.15) is 5.75 Å². The maximum Gasteiger partial charge on any atom is 0.325 e. The summed E-state index contributed by atoms with van der Waals surface area (Å²) in [5.41, 5.74) is 2.69. The lowest BCUT2D eigenvalue weighted by Gasteiger charge is -2.06. The summed E-state index contributed by atoms with van der Waals surface area (Å²) in [6.45, 7) is 2.88. The number of thiazole rings is 1. The van der Waals surface area contributed by atoms with Crippen LogP contribution in [0.15, 0.2) is 42.2 Å². The average Bonchev–Trinajstić information content (AvgIpc) is 3.24. The minimum absolute atomic E-state index is 0.315. The van der Waals surface area contributed by atoms with E-state index < -0.39 is 0 Å². The normalized spacial score (nSPS) is 10.5. The van der Waals surface area contributed by atoms with E-state index >= 15 is 0 Å². The topological polar surface area (TPSA) is 81.1 Å². The number of aromatic nitrogens is 3. The van der Waals surface area contributed by atoms with Crippen LogP contribution in [0.2, 0.25) is 0 Å². The summed E-state index contributed by atoms with van der Waals surface area (Å²) in [6.07, 6.45) is 5.69. The Morgan fingerprint density at radius 1 is 1.27 bits per heavy atom. The molecule has 0 spiro atoms. The number of nitrogens with zero attached hydrogens (tertiary/aromatic N) is 3. The highest BCUT2D eigenvalue weighted by atomic mass is 32.1. The summed E-state index contributed by atoms with van der Waals surface area (Å²) in [6, 6.07) is 6.83. The number of rotatable bonds is 7. The first-order chi connectivity index (χ1) is 12.6. The quantitative estimate of drug-likeness (QED) is 0.659. The number of urea groups is 1. The van der Waals surface area contributed by atoms with Crippen LogP contribution in [0, 0.1) is 6.92 Å². The molecule has 3 aromatic rings. The van der Waals surface area contributed by atoms with Gasteiger partial charge in [-0.25, -0.2) is 14.8 Å². The van der Waals surface area contributed by atoms with Crippen molar-refractivity contribution in [2.24, 2.45) is 0 Å². The molecule has 136 valence electrons. The van der Waals surface area contributed by atoms with Gasteiger partial charge in [0, 0.05) is 23.8 Å². The molecule has 2 N–H and O–H groups in total. The number of carbonyl (C=O) groups is 1. The Kier molecular flexibility index (Phi) is 5.85. The smallest absolute Gasteiger partial charge is 0.325 e. The van der Waals surface area contributed by atoms with Crippen LogP contribution in [0.4, 0.5) is 15.6 Å². The third kappa shape index (κ3) is 5.06. The Hall–Kier alpha value is -2.87. The molecule has 0 atom stereocenters. The lowest BCUT2D eigenvalue weighted by atomic mass is 10.2. The molecule has 8 heteroatoms. The molecule has 0 aliphatic rings. The largest absolute Gasteiger partial charge is 0.497 e. The van der Waals surface area contributed by atoms with Gasteiger partial charge in [-0.15, -0.1) is 11.3 Å². The van der Waals surface area contributed by atoms with Gasteiger partial charge in [-0.05, 0) is 44.0 Å². The van der Waals surface area contributed by atoms with Gasteiger partial charge in [0.05, 0.1) is 24.8 Å². The Bertz CT molecular complexity index is 857. The highest BCUT2D eigenvalue weighted by Crippen LogP contribution is 2.18. The van der Waals surface area contributed by atoms with E-state index in [9.17, 15) is 4.79 Å². The molecule has 0 bridgehead atoms. The Morgan fingerprint density at radius 3 is 2.77 bits per heavy atom. The van der Waals surface area contributed by atoms with E-state index in [1.54, 1.807) is 31.4 Å². The van der Waals surface area contributed by atoms with Crippen molar-refractivity contribution in [3.8, 4) is 5.75 Å². The summed E-state index contributed by atoms with van der Waals surface area (Å²) in [7, 11) is 1.60. The summed E-state index contributed by atoms with van der Waals surface area (Å²) in [5.74, 6) is 0.742. The van der Waals surface area contributed by atoms with Crippen LogP contribution in [0.5, 0.6) is 5.75 Å². The van der Waals surface area contributed by atoms with Crippen molar-refractivity contribution < 1.29 is 9.53 Å². The molecule has 2 heterocycles. The molecule has 3 rings (SSSR count). The van der Waals surface area contributed by atoms with Crippen LogP contribution < -0.4 is 15.4 Å². The highest BCUT2D eigenvalue weighted by Gasteiger charge is 2.07. The summed E-state index contributed by atoms with van der Waals surface area (Å²) >= 11 is 1.42. The lowest BCUT2D eigenvalue weighted by Crippen LogP contribution is -2.19. The van der Waals surface area contributed by atoms with Crippen molar-refractivity contribution in [1.82, 2.24) is 14.5 Å². The van der Waals surface area contributed by atoms with E-state index in [0.29, 0.717) is 10.8 Å². The number of hydrogen-bond acceptors (Lipinski definition) is 5. The van der Waals surface area contributed by atoms with E-state index in [1.165, 1.54) is 11.3 Å². The van der Waals surface area contributed by atoms with Gasteiger partial charge < -0.3 is 14.6 Å².